The van der Waals surface area contributed by atoms with E-state index in [1.807, 2.05) is 11.8 Å². The second kappa shape index (κ2) is 22.4. The summed E-state index contributed by atoms with van der Waals surface area (Å²) >= 11 is 1.95. The first-order valence-electron chi connectivity index (χ1n) is 7.29. The number of methoxy groups -OCH3 is 1. The highest BCUT2D eigenvalue weighted by Gasteiger charge is 1.93. The third kappa shape index (κ3) is 22.6. The van der Waals surface area contributed by atoms with Gasteiger partial charge in [0.15, 0.2) is 0 Å². The zero-order valence-corrected chi connectivity index (χ0v) is 13.8. The molecule has 0 aliphatic carbocycles. The molecule has 0 aromatic heterocycles. The smallest absolute Gasteiger partial charge is 0.0701 e. The van der Waals surface area contributed by atoms with E-state index >= 15 is 0 Å². The van der Waals surface area contributed by atoms with E-state index in [0.29, 0.717) is 52.9 Å². The molecule has 130 valence electrons. The van der Waals surface area contributed by atoms with Crippen molar-refractivity contribution in [3.8, 4) is 0 Å². The predicted molar refractivity (Wildman–Crippen MR) is 89.5 cm³/mol. The van der Waals surface area contributed by atoms with Gasteiger partial charge in [0.2, 0.25) is 0 Å². The number of thioether (sulfide) groups is 1. The normalized spacial score (nSPS) is 10.6. The van der Waals surface area contributed by atoms with Crippen molar-refractivity contribution < 1.29 is 23.7 Å². The Morgan fingerprint density at radius 1 is 0.667 bits per heavy atom. The lowest BCUT2D eigenvalue weighted by molar-refractivity contribution is -0.00764. The van der Waals surface area contributed by atoms with Gasteiger partial charge in [-0.25, -0.2) is 0 Å². The molecule has 0 aromatic carbocycles. The molecule has 0 unspecified atom stereocenters. The van der Waals surface area contributed by atoms with Gasteiger partial charge in [0.1, 0.15) is 0 Å². The minimum atomic E-state index is 0. The highest BCUT2D eigenvalue weighted by Crippen LogP contribution is 2.00. The molecule has 0 N–H and O–H groups in total. The van der Waals surface area contributed by atoms with Gasteiger partial charge in [0, 0.05) is 13.7 Å². The van der Waals surface area contributed by atoms with Crippen molar-refractivity contribution in [2.75, 3.05) is 78.1 Å². The summed E-state index contributed by atoms with van der Waals surface area (Å²) in [5, 5.41) is 0. The molecule has 0 amide bonds. The first-order chi connectivity index (χ1) is 9.91. The van der Waals surface area contributed by atoms with E-state index in [2.05, 4.69) is 6.92 Å². The average molecular weight is 326 g/mol. The van der Waals surface area contributed by atoms with Gasteiger partial charge in [-0.2, -0.15) is 11.8 Å². The topological polar surface area (TPSA) is 46.2 Å². The van der Waals surface area contributed by atoms with Crippen molar-refractivity contribution in [1.29, 1.82) is 0 Å². The predicted octanol–water partition coefficient (Wildman–Crippen LogP) is 2.48. The van der Waals surface area contributed by atoms with Crippen LogP contribution in [0.4, 0.5) is 0 Å². The highest BCUT2D eigenvalue weighted by atomic mass is 32.2. The average Bonchev–Trinajstić information content (AvgIpc) is 2.47. The van der Waals surface area contributed by atoms with Crippen LogP contribution in [0.2, 0.25) is 0 Å². The molecular formula is C15H34O5S. The zero-order valence-electron chi connectivity index (χ0n) is 12.9. The molecule has 0 heterocycles. The standard InChI is InChI=1S/C14H30O5S.CH4/c1-3-20-14-4-5-16-8-9-18-12-13-19-11-10-17-7-6-15-2;/h3-14H2,1-2H3;1H4. The number of hydrogen-bond donors (Lipinski definition) is 0. The summed E-state index contributed by atoms with van der Waals surface area (Å²) in [7, 11) is 1.66. The van der Waals surface area contributed by atoms with Crippen LogP contribution >= 0.6 is 11.8 Å². The zero-order chi connectivity index (χ0) is 14.7. The number of hydrogen-bond acceptors (Lipinski definition) is 6. The van der Waals surface area contributed by atoms with Crippen LogP contribution in [-0.4, -0.2) is 78.1 Å². The fraction of sp³-hybridized carbons (Fsp3) is 1.00. The second-order valence-electron chi connectivity index (χ2n) is 3.99. The summed E-state index contributed by atoms with van der Waals surface area (Å²) in [4.78, 5) is 0. The van der Waals surface area contributed by atoms with Crippen molar-refractivity contribution in [2.45, 2.75) is 20.8 Å². The molecule has 0 aliphatic heterocycles. The third-order valence-corrected chi connectivity index (χ3v) is 3.31. The molecule has 0 radical (unpaired) electrons. The Kier molecular flexibility index (Phi) is 25.0. The molecule has 0 rings (SSSR count). The molecule has 0 saturated carbocycles. The van der Waals surface area contributed by atoms with E-state index in [9.17, 15) is 0 Å². The van der Waals surface area contributed by atoms with Gasteiger partial charge in [0.25, 0.3) is 0 Å². The molecule has 0 aliphatic rings. The van der Waals surface area contributed by atoms with Crippen LogP contribution in [-0.2, 0) is 23.7 Å². The maximum Gasteiger partial charge on any atom is 0.0701 e. The van der Waals surface area contributed by atoms with Crippen LogP contribution in [0.15, 0.2) is 0 Å². The summed E-state index contributed by atoms with van der Waals surface area (Å²) in [5.41, 5.74) is 0. The minimum Gasteiger partial charge on any atom is -0.382 e. The van der Waals surface area contributed by atoms with Gasteiger partial charge in [-0.05, 0) is 17.9 Å². The quantitative estimate of drug-likeness (QED) is 0.383. The van der Waals surface area contributed by atoms with Gasteiger partial charge < -0.3 is 23.7 Å². The van der Waals surface area contributed by atoms with Crippen LogP contribution in [0.5, 0.6) is 0 Å². The van der Waals surface area contributed by atoms with E-state index < -0.39 is 0 Å². The first-order valence-corrected chi connectivity index (χ1v) is 8.45. The van der Waals surface area contributed by atoms with E-state index in [1.54, 1.807) is 7.11 Å². The monoisotopic (exact) mass is 326 g/mol. The Bertz CT molecular complexity index is 154. The van der Waals surface area contributed by atoms with E-state index in [4.69, 9.17) is 23.7 Å². The van der Waals surface area contributed by atoms with Crippen molar-refractivity contribution in [2.24, 2.45) is 0 Å². The molecule has 0 bridgehead atoms. The Balaban J connectivity index is 0. The molecule has 21 heavy (non-hydrogen) atoms. The lowest BCUT2D eigenvalue weighted by Gasteiger charge is -2.07. The molecule has 5 nitrogen and oxygen atoms in total. The summed E-state index contributed by atoms with van der Waals surface area (Å²) in [5.74, 6) is 2.36. The summed E-state index contributed by atoms with van der Waals surface area (Å²) < 4.78 is 26.3. The maximum absolute atomic E-state index is 5.45. The van der Waals surface area contributed by atoms with E-state index in [0.717, 1.165) is 13.0 Å². The Morgan fingerprint density at radius 3 is 1.52 bits per heavy atom. The van der Waals surface area contributed by atoms with Crippen molar-refractivity contribution >= 4 is 11.8 Å². The summed E-state index contributed by atoms with van der Waals surface area (Å²) in [6, 6.07) is 0. The van der Waals surface area contributed by atoms with Crippen LogP contribution in [0.3, 0.4) is 0 Å². The fourth-order valence-corrected chi connectivity index (χ4v) is 1.92. The lowest BCUT2D eigenvalue weighted by atomic mass is 10.5. The van der Waals surface area contributed by atoms with Crippen molar-refractivity contribution in [3.63, 3.8) is 0 Å². The Hall–Kier alpha value is 0.150. The van der Waals surface area contributed by atoms with Gasteiger partial charge in [-0.3, -0.25) is 0 Å². The number of ether oxygens (including phenoxy) is 5. The summed E-state index contributed by atoms with van der Waals surface area (Å²) in [6.07, 6.45) is 1.12. The largest absolute Gasteiger partial charge is 0.382 e. The van der Waals surface area contributed by atoms with Crippen LogP contribution < -0.4 is 0 Å². The Labute approximate surface area is 135 Å². The van der Waals surface area contributed by atoms with Crippen molar-refractivity contribution in [1.82, 2.24) is 0 Å². The first kappa shape index (κ1) is 23.4. The highest BCUT2D eigenvalue weighted by molar-refractivity contribution is 7.99. The lowest BCUT2D eigenvalue weighted by Crippen LogP contribution is -2.13. The van der Waals surface area contributed by atoms with Gasteiger partial charge in [-0.1, -0.05) is 14.4 Å². The van der Waals surface area contributed by atoms with Gasteiger partial charge in [-0.15, -0.1) is 0 Å². The van der Waals surface area contributed by atoms with Gasteiger partial charge >= 0.3 is 0 Å². The molecular weight excluding hydrogens is 292 g/mol. The SMILES string of the molecule is C.CCSCCCOCCOCCOCCOCCOC. The molecule has 0 atom stereocenters. The molecule has 6 heteroatoms. The van der Waals surface area contributed by atoms with Crippen LogP contribution in [0.1, 0.15) is 20.8 Å². The second-order valence-corrected chi connectivity index (χ2v) is 5.39. The maximum atomic E-state index is 5.45. The van der Waals surface area contributed by atoms with E-state index in [1.165, 1.54) is 11.5 Å². The summed E-state index contributed by atoms with van der Waals surface area (Å²) in [6.45, 7) is 7.93. The molecule has 0 saturated heterocycles. The fourth-order valence-electron chi connectivity index (χ4n) is 1.31. The molecule has 0 spiro atoms. The number of rotatable bonds is 17. The third-order valence-electron chi connectivity index (χ3n) is 2.33. The van der Waals surface area contributed by atoms with Crippen LogP contribution in [0.25, 0.3) is 0 Å². The molecule has 0 fully saturated rings. The minimum absolute atomic E-state index is 0. The van der Waals surface area contributed by atoms with Crippen LogP contribution in [0, 0.1) is 0 Å². The van der Waals surface area contributed by atoms with Gasteiger partial charge in [0.05, 0.1) is 52.9 Å². The Morgan fingerprint density at radius 2 is 1.10 bits per heavy atom. The van der Waals surface area contributed by atoms with Crippen molar-refractivity contribution in [3.05, 3.63) is 0 Å². The molecule has 0 aromatic rings. The van der Waals surface area contributed by atoms with E-state index in [-0.39, 0.29) is 7.43 Å².